The summed E-state index contributed by atoms with van der Waals surface area (Å²) in [7, 11) is 2.09. The maximum absolute atomic E-state index is 10.2. The summed E-state index contributed by atoms with van der Waals surface area (Å²) in [5, 5.41) is 16.8. The fraction of sp³-hybridized carbons (Fsp3) is 0.462. The van der Waals surface area contributed by atoms with Gasteiger partial charge in [-0.05, 0) is 18.6 Å². The van der Waals surface area contributed by atoms with Crippen molar-refractivity contribution in [2.24, 2.45) is 0 Å². The third-order valence-corrected chi connectivity index (χ3v) is 2.48. The summed E-state index contributed by atoms with van der Waals surface area (Å²) < 4.78 is 4.64. The molecule has 0 aliphatic carbocycles. The maximum Gasteiger partial charge on any atom is 0.371 e. The molecule has 1 aromatic heterocycles. The van der Waals surface area contributed by atoms with Crippen molar-refractivity contribution < 1.29 is 19.4 Å². The lowest BCUT2D eigenvalue weighted by Gasteiger charge is -2.16. The molecule has 0 atom stereocenters. The number of hydrogen-bond donors (Lipinski definition) is 2. The summed E-state index contributed by atoms with van der Waals surface area (Å²) in [4.78, 5) is 14.6. The molecule has 0 fully saturated rings. The van der Waals surface area contributed by atoms with E-state index in [1.54, 1.807) is 0 Å². The molecule has 0 unspecified atom stereocenters. The lowest BCUT2D eigenvalue weighted by atomic mass is 10.4. The second-order valence-corrected chi connectivity index (χ2v) is 4.24. The Bertz CT molecular complexity index is 428. The van der Waals surface area contributed by atoms with Gasteiger partial charge in [0.1, 0.15) is 12.4 Å². The minimum atomic E-state index is -1.13. The molecule has 0 radical (unpaired) electrons. The van der Waals surface area contributed by atoms with Gasteiger partial charge < -0.3 is 24.4 Å². The predicted octanol–water partition coefficient (Wildman–Crippen LogP) is 1.54. The van der Waals surface area contributed by atoms with Crippen molar-refractivity contribution in [2.45, 2.75) is 20.0 Å². The number of carboxylic acid groups (broad SMARTS) is 1. The number of carboxylic acids is 1. The van der Waals surface area contributed by atoms with Gasteiger partial charge in [-0.2, -0.15) is 0 Å². The molecule has 0 spiro atoms. The van der Waals surface area contributed by atoms with Crippen LogP contribution in [0.15, 0.2) is 28.9 Å². The van der Waals surface area contributed by atoms with Crippen molar-refractivity contribution in [3.05, 3.63) is 36.1 Å². The Morgan fingerprint density at radius 2 is 2.16 bits per heavy atom. The summed E-state index contributed by atoms with van der Waals surface area (Å²) in [6.07, 6.45) is 5.48. The largest absolute Gasteiger partial charge is 0.475 e. The Hall–Kier alpha value is -1.95. The zero-order chi connectivity index (χ0) is 14.3. The Morgan fingerprint density at radius 3 is 2.53 bits per heavy atom. The predicted molar refractivity (Wildman–Crippen MR) is 70.4 cm³/mol. The van der Waals surface area contributed by atoms with Crippen molar-refractivity contribution >= 4 is 5.97 Å². The highest BCUT2D eigenvalue weighted by atomic mass is 16.4. The van der Waals surface area contributed by atoms with Crippen LogP contribution in [-0.4, -0.2) is 46.2 Å². The molecule has 6 nitrogen and oxygen atoms in total. The van der Waals surface area contributed by atoms with Gasteiger partial charge in [0.05, 0.1) is 6.67 Å². The third kappa shape index (κ3) is 5.05. The zero-order valence-electron chi connectivity index (χ0n) is 11.2. The van der Waals surface area contributed by atoms with Crippen molar-refractivity contribution in [1.29, 1.82) is 0 Å². The number of aliphatic hydroxyl groups excluding tert-OH is 1. The number of furan rings is 1. The number of aromatic carboxylic acids is 1. The van der Waals surface area contributed by atoms with Crippen LogP contribution in [0, 0.1) is 0 Å². The standard InChI is InChI=1S/C7H14N2.C6H6O4/c1-3-4-9-6-5-8(2)7-9;7-3-4-1-2-5(10-4)6(8)9/h5-6H,3-4,7H2,1-2H3;1-2,7H,3H2,(H,8,9). The Labute approximate surface area is 112 Å². The van der Waals surface area contributed by atoms with Gasteiger partial charge in [0.25, 0.3) is 0 Å². The fourth-order valence-electron chi connectivity index (χ4n) is 1.60. The summed E-state index contributed by atoms with van der Waals surface area (Å²) in [6, 6.07) is 2.72. The van der Waals surface area contributed by atoms with Gasteiger partial charge in [0.2, 0.25) is 5.76 Å². The first-order valence-electron chi connectivity index (χ1n) is 6.12. The average molecular weight is 268 g/mol. The topological polar surface area (TPSA) is 77.2 Å². The van der Waals surface area contributed by atoms with E-state index >= 15 is 0 Å². The molecule has 0 saturated carbocycles. The minimum absolute atomic E-state index is 0.149. The lowest BCUT2D eigenvalue weighted by molar-refractivity contribution is 0.0657. The first-order valence-corrected chi connectivity index (χ1v) is 6.12. The number of nitrogens with zero attached hydrogens (tertiary/aromatic N) is 2. The van der Waals surface area contributed by atoms with E-state index < -0.39 is 5.97 Å². The minimum Gasteiger partial charge on any atom is -0.475 e. The van der Waals surface area contributed by atoms with E-state index in [0.717, 1.165) is 6.67 Å². The molecule has 1 aliphatic rings. The van der Waals surface area contributed by atoms with Crippen molar-refractivity contribution in [2.75, 3.05) is 20.3 Å². The van der Waals surface area contributed by atoms with E-state index in [1.165, 1.54) is 25.1 Å². The van der Waals surface area contributed by atoms with Gasteiger partial charge in [0, 0.05) is 26.0 Å². The summed E-state index contributed by atoms with van der Waals surface area (Å²) >= 11 is 0. The Kier molecular flexibility index (Phi) is 5.95. The normalized spacial score (nSPS) is 13.4. The molecule has 0 amide bonds. The number of aliphatic hydroxyl groups is 1. The van der Waals surface area contributed by atoms with E-state index in [-0.39, 0.29) is 18.1 Å². The van der Waals surface area contributed by atoms with E-state index in [0.29, 0.717) is 0 Å². The van der Waals surface area contributed by atoms with Crippen LogP contribution >= 0.6 is 0 Å². The molecule has 2 N–H and O–H groups in total. The number of hydrogen-bond acceptors (Lipinski definition) is 5. The van der Waals surface area contributed by atoms with Gasteiger partial charge in [-0.15, -0.1) is 0 Å². The Morgan fingerprint density at radius 1 is 1.42 bits per heavy atom. The smallest absolute Gasteiger partial charge is 0.371 e. The van der Waals surface area contributed by atoms with E-state index in [9.17, 15) is 4.79 Å². The monoisotopic (exact) mass is 268 g/mol. The average Bonchev–Trinajstić information content (AvgIpc) is 2.99. The molecule has 1 aromatic rings. The van der Waals surface area contributed by atoms with E-state index in [2.05, 4.69) is 40.6 Å². The van der Waals surface area contributed by atoms with E-state index in [1.807, 2.05) is 0 Å². The van der Waals surface area contributed by atoms with Gasteiger partial charge in [-0.1, -0.05) is 6.92 Å². The Balaban J connectivity index is 0.000000191. The van der Waals surface area contributed by atoms with Gasteiger partial charge in [-0.25, -0.2) is 4.79 Å². The second-order valence-electron chi connectivity index (χ2n) is 4.24. The third-order valence-electron chi connectivity index (χ3n) is 2.48. The molecule has 6 heteroatoms. The van der Waals surface area contributed by atoms with Crippen LogP contribution in [0.5, 0.6) is 0 Å². The van der Waals surface area contributed by atoms with Crippen molar-refractivity contribution in [3.8, 4) is 0 Å². The number of rotatable bonds is 4. The van der Waals surface area contributed by atoms with Crippen LogP contribution in [-0.2, 0) is 6.61 Å². The lowest BCUT2D eigenvalue weighted by Crippen LogP contribution is -2.22. The first-order chi connectivity index (χ1) is 9.06. The number of carbonyl (C=O) groups is 1. The van der Waals surface area contributed by atoms with Gasteiger partial charge in [0.15, 0.2) is 0 Å². The summed E-state index contributed by atoms with van der Waals surface area (Å²) in [5.41, 5.74) is 0. The SMILES string of the molecule is CCCN1C=CN(C)C1.O=C(O)c1ccc(CO)o1. The molecule has 19 heavy (non-hydrogen) atoms. The molecule has 2 rings (SSSR count). The van der Waals surface area contributed by atoms with Gasteiger partial charge >= 0.3 is 5.97 Å². The highest BCUT2D eigenvalue weighted by Crippen LogP contribution is 2.06. The summed E-state index contributed by atoms with van der Waals surface area (Å²) in [6.45, 7) is 4.17. The molecule has 2 heterocycles. The molecule has 0 aromatic carbocycles. The highest BCUT2D eigenvalue weighted by molar-refractivity contribution is 5.84. The molecule has 1 aliphatic heterocycles. The molecule has 106 valence electrons. The highest BCUT2D eigenvalue weighted by Gasteiger charge is 2.07. The molecular formula is C13H20N2O4. The molecular weight excluding hydrogens is 248 g/mol. The van der Waals surface area contributed by atoms with Gasteiger partial charge in [-0.3, -0.25) is 0 Å². The van der Waals surface area contributed by atoms with Crippen LogP contribution < -0.4 is 0 Å². The van der Waals surface area contributed by atoms with E-state index in [4.69, 9.17) is 10.2 Å². The maximum atomic E-state index is 10.2. The fourth-order valence-corrected chi connectivity index (χ4v) is 1.60. The van der Waals surface area contributed by atoms with Crippen LogP contribution in [0.25, 0.3) is 0 Å². The molecule has 0 saturated heterocycles. The van der Waals surface area contributed by atoms with Crippen LogP contribution in [0.1, 0.15) is 29.7 Å². The van der Waals surface area contributed by atoms with Crippen molar-refractivity contribution in [3.63, 3.8) is 0 Å². The molecule has 0 bridgehead atoms. The van der Waals surface area contributed by atoms with Crippen molar-refractivity contribution in [1.82, 2.24) is 9.80 Å². The summed E-state index contributed by atoms with van der Waals surface area (Å²) in [5.74, 6) is -1.01. The second kappa shape index (κ2) is 7.48. The first kappa shape index (κ1) is 15.1. The van der Waals surface area contributed by atoms with Crippen LogP contribution in [0.2, 0.25) is 0 Å². The quantitative estimate of drug-likeness (QED) is 0.862. The zero-order valence-corrected chi connectivity index (χ0v) is 11.2. The van der Waals surface area contributed by atoms with Crippen LogP contribution in [0.4, 0.5) is 0 Å². The van der Waals surface area contributed by atoms with Crippen LogP contribution in [0.3, 0.4) is 0 Å².